The topological polar surface area (TPSA) is 66.5 Å². The highest BCUT2D eigenvalue weighted by Gasteiger charge is 2.16. The first-order valence-electron chi connectivity index (χ1n) is 6.78. The van der Waals surface area contributed by atoms with Crippen LogP contribution >= 0.6 is 15.9 Å². The third kappa shape index (κ3) is 6.58. The molecular weight excluding hydrogens is 356 g/mol. The molecule has 0 saturated carbocycles. The van der Waals surface area contributed by atoms with Crippen molar-refractivity contribution in [1.82, 2.24) is 10.2 Å². The van der Waals surface area contributed by atoms with Gasteiger partial charge in [-0.1, -0.05) is 22.9 Å². The van der Waals surface area contributed by atoms with E-state index in [0.717, 1.165) is 10.9 Å². The van der Waals surface area contributed by atoms with Crippen LogP contribution in [0.4, 0.5) is 0 Å². The number of hydrogen-bond donors (Lipinski definition) is 1. The second-order valence-corrected chi connectivity index (χ2v) is 7.89. The van der Waals surface area contributed by atoms with E-state index in [9.17, 15) is 13.2 Å². The minimum Gasteiger partial charge on any atom is -0.355 e. The quantitative estimate of drug-likeness (QED) is 0.749. The fraction of sp³-hybridized carbons (Fsp3) is 0.500. The third-order valence-corrected chi connectivity index (χ3v) is 5.14. The first-order chi connectivity index (χ1) is 9.85. The van der Waals surface area contributed by atoms with Crippen LogP contribution in [0.1, 0.15) is 13.3 Å². The summed E-state index contributed by atoms with van der Waals surface area (Å²) in [6, 6.07) is 6.56. The van der Waals surface area contributed by atoms with Crippen molar-refractivity contribution in [3.8, 4) is 0 Å². The molecule has 7 heteroatoms. The maximum absolute atomic E-state index is 12.2. The maximum Gasteiger partial charge on any atom is 0.234 e. The maximum atomic E-state index is 12.2. The predicted octanol–water partition coefficient (Wildman–Crippen LogP) is 1.68. The highest BCUT2D eigenvalue weighted by atomic mass is 79.9. The van der Waals surface area contributed by atoms with E-state index in [1.165, 1.54) is 0 Å². The van der Waals surface area contributed by atoms with Gasteiger partial charge in [-0.3, -0.25) is 9.69 Å². The molecule has 0 fully saturated rings. The van der Waals surface area contributed by atoms with E-state index in [0.29, 0.717) is 18.0 Å². The van der Waals surface area contributed by atoms with Crippen LogP contribution in [-0.4, -0.2) is 51.7 Å². The number of likely N-dealkylation sites (N-methyl/N-ethyl adjacent to an activating group) is 1. The number of carbonyl (C=O) groups is 1. The van der Waals surface area contributed by atoms with Crippen LogP contribution in [0.3, 0.4) is 0 Å². The van der Waals surface area contributed by atoms with E-state index in [-0.39, 0.29) is 18.2 Å². The van der Waals surface area contributed by atoms with Crippen molar-refractivity contribution in [1.29, 1.82) is 0 Å². The average molecular weight is 377 g/mol. The van der Waals surface area contributed by atoms with Crippen LogP contribution < -0.4 is 5.32 Å². The number of nitrogens with one attached hydrogen (secondary N) is 1. The van der Waals surface area contributed by atoms with Crippen LogP contribution in [0, 0.1) is 0 Å². The summed E-state index contributed by atoms with van der Waals surface area (Å²) < 4.78 is 25.2. The Morgan fingerprint density at radius 1 is 1.29 bits per heavy atom. The molecule has 5 nitrogen and oxygen atoms in total. The van der Waals surface area contributed by atoms with Gasteiger partial charge in [-0.05, 0) is 37.7 Å². The van der Waals surface area contributed by atoms with Crippen molar-refractivity contribution in [2.24, 2.45) is 0 Å². The molecule has 0 saturated heterocycles. The summed E-state index contributed by atoms with van der Waals surface area (Å²) in [4.78, 5) is 13.5. The van der Waals surface area contributed by atoms with E-state index in [4.69, 9.17) is 0 Å². The average Bonchev–Trinajstić information content (AvgIpc) is 2.43. The number of sulfone groups is 1. The third-order valence-electron chi connectivity index (χ3n) is 2.90. The summed E-state index contributed by atoms with van der Waals surface area (Å²) in [6.45, 7) is 3.15. The zero-order valence-corrected chi connectivity index (χ0v) is 14.7. The molecule has 1 aromatic rings. The van der Waals surface area contributed by atoms with Crippen molar-refractivity contribution in [3.63, 3.8) is 0 Å². The molecule has 0 unspecified atom stereocenters. The monoisotopic (exact) mass is 376 g/mol. The Hall–Kier alpha value is -0.920. The van der Waals surface area contributed by atoms with Gasteiger partial charge in [-0.15, -0.1) is 0 Å². The lowest BCUT2D eigenvalue weighted by molar-refractivity contribution is -0.121. The number of benzene rings is 1. The van der Waals surface area contributed by atoms with Crippen LogP contribution in [0.25, 0.3) is 0 Å². The summed E-state index contributed by atoms with van der Waals surface area (Å²) >= 11 is 3.27. The number of rotatable bonds is 8. The second-order valence-electron chi connectivity index (χ2n) is 4.86. The van der Waals surface area contributed by atoms with E-state index >= 15 is 0 Å². The molecule has 1 N–H and O–H groups in total. The van der Waals surface area contributed by atoms with Gasteiger partial charge in [0, 0.05) is 17.6 Å². The summed E-state index contributed by atoms with van der Waals surface area (Å²) in [5, 5.41) is 2.76. The van der Waals surface area contributed by atoms with Gasteiger partial charge in [-0.25, -0.2) is 8.42 Å². The minimum atomic E-state index is -3.32. The Labute approximate surface area is 134 Å². The highest BCUT2D eigenvalue weighted by molar-refractivity contribution is 9.10. The number of amides is 1. The van der Waals surface area contributed by atoms with Crippen molar-refractivity contribution < 1.29 is 13.2 Å². The lowest BCUT2D eigenvalue weighted by atomic mass is 10.4. The van der Waals surface area contributed by atoms with E-state index in [1.807, 2.05) is 6.92 Å². The van der Waals surface area contributed by atoms with Gasteiger partial charge in [0.25, 0.3) is 0 Å². The number of nitrogens with zero attached hydrogens (tertiary/aromatic N) is 1. The zero-order valence-electron chi connectivity index (χ0n) is 12.3. The summed E-state index contributed by atoms with van der Waals surface area (Å²) in [7, 11) is -1.58. The molecule has 0 bridgehead atoms. The molecule has 118 valence electrons. The Balaban J connectivity index is 2.49. The molecule has 0 aromatic heterocycles. The lowest BCUT2D eigenvalue weighted by Gasteiger charge is -2.16. The van der Waals surface area contributed by atoms with Crippen LogP contribution in [0.5, 0.6) is 0 Å². The van der Waals surface area contributed by atoms with E-state index in [2.05, 4.69) is 21.2 Å². The molecule has 0 aliphatic rings. The second kappa shape index (κ2) is 8.51. The molecule has 1 rings (SSSR count). The van der Waals surface area contributed by atoms with Crippen LogP contribution in [-0.2, 0) is 14.6 Å². The molecule has 0 atom stereocenters. The number of carbonyl (C=O) groups excluding carboxylic acids is 1. The van der Waals surface area contributed by atoms with Crippen molar-refractivity contribution in [2.75, 3.05) is 32.4 Å². The summed E-state index contributed by atoms with van der Waals surface area (Å²) in [5.74, 6) is -0.0907. The highest BCUT2D eigenvalue weighted by Crippen LogP contribution is 2.15. The molecule has 21 heavy (non-hydrogen) atoms. The molecule has 1 amide bonds. The number of hydrogen-bond acceptors (Lipinski definition) is 4. The smallest absolute Gasteiger partial charge is 0.234 e. The van der Waals surface area contributed by atoms with Gasteiger partial charge in [0.1, 0.15) is 0 Å². The Morgan fingerprint density at radius 3 is 2.48 bits per heavy atom. The Kier molecular flexibility index (Phi) is 7.34. The van der Waals surface area contributed by atoms with Gasteiger partial charge in [-0.2, -0.15) is 0 Å². The lowest BCUT2D eigenvalue weighted by Crippen LogP contribution is -2.37. The molecule has 0 spiro atoms. The van der Waals surface area contributed by atoms with Gasteiger partial charge in [0.05, 0.1) is 17.2 Å². The molecule has 1 aromatic carbocycles. The fourth-order valence-corrected chi connectivity index (χ4v) is 3.28. The van der Waals surface area contributed by atoms with Crippen molar-refractivity contribution in [3.05, 3.63) is 28.7 Å². The molecule has 0 heterocycles. The minimum absolute atomic E-state index is 0.00775. The summed E-state index contributed by atoms with van der Waals surface area (Å²) in [5.41, 5.74) is 0. The van der Waals surface area contributed by atoms with Gasteiger partial charge >= 0.3 is 0 Å². The van der Waals surface area contributed by atoms with Gasteiger partial charge in [0.15, 0.2) is 9.84 Å². The molecule has 0 aliphatic heterocycles. The molecular formula is C14H21BrN2O3S. The fourth-order valence-electron chi connectivity index (χ4n) is 1.68. The molecule has 0 aliphatic carbocycles. The van der Waals surface area contributed by atoms with E-state index < -0.39 is 9.84 Å². The largest absolute Gasteiger partial charge is 0.355 e. The SMILES string of the molecule is CCCNC(=O)CN(C)CCS(=O)(=O)c1ccc(Br)cc1. The Morgan fingerprint density at radius 2 is 1.90 bits per heavy atom. The first-order valence-corrected chi connectivity index (χ1v) is 9.23. The number of halogens is 1. The Bertz CT molecular complexity index is 558. The van der Waals surface area contributed by atoms with Gasteiger partial charge < -0.3 is 5.32 Å². The van der Waals surface area contributed by atoms with Crippen molar-refractivity contribution >= 4 is 31.7 Å². The van der Waals surface area contributed by atoms with Crippen LogP contribution in [0.2, 0.25) is 0 Å². The zero-order chi connectivity index (χ0) is 15.9. The van der Waals surface area contributed by atoms with Gasteiger partial charge in [0.2, 0.25) is 5.91 Å². The van der Waals surface area contributed by atoms with Crippen LogP contribution in [0.15, 0.2) is 33.6 Å². The van der Waals surface area contributed by atoms with E-state index in [1.54, 1.807) is 36.2 Å². The normalized spacial score (nSPS) is 11.6. The van der Waals surface area contributed by atoms with Crippen molar-refractivity contribution in [2.45, 2.75) is 18.2 Å². The standard InChI is InChI=1S/C14H21BrN2O3S/c1-3-8-16-14(18)11-17(2)9-10-21(19,20)13-6-4-12(15)5-7-13/h4-7H,3,8-11H2,1-2H3,(H,16,18). The first kappa shape index (κ1) is 18.1. The summed E-state index contributed by atoms with van der Waals surface area (Å²) in [6.07, 6.45) is 0.882. The molecule has 0 radical (unpaired) electrons. The predicted molar refractivity (Wildman–Crippen MR) is 87.0 cm³/mol.